The SMILES string of the molecule is O=C(Cc1ccccc1Nc1c(Cl)cccc1Cl)Nc1cn[nH]c1-c1nccs1. The van der Waals surface area contributed by atoms with Gasteiger partial charge in [-0.3, -0.25) is 9.89 Å². The van der Waals surface area contributed by atoms with E-state index in [4.69, 9.17) is 23.2 Å². The lowest BCUT2D eigenvalue weighted by molar-refractivity contribution is -0.115. The molecule has 4 aromatic rings. The monoisotopic (exact) mass is 443 g/mol. The van der Waals surface area contributed by atoms with E-state index in [0.717, 1.165) is 16.3 Å². The first kappa shape index (κ1) is 19.4. The molecule has 0 bridgehead atoms. The van der Waals surface area contributed by atoms with Gasteiger partial charge in [0.1, 0.15) is 10.7 Å². The summed E-state index contributed by atoms with van der Waals surface area (Å²) in [6.07, 6.45) is 3.43. The van der Waals surface area contributed by atoms with E-state index in [-0.39, 0.29) is 12.3 Å². The molecule has 146 valence electrons. The molecule has 0 spiro atoms. The van der Waals surface area contributed by atoms with E-state index >= 15 is 0 Å². The van der Waals surface area contributed by atoms with Gasteiger partial charge in [-0.25, -0.2) is 4.98 Å². The number of hydrogen-bond acceptors (Lipinski definition) is 5. The van der Waals surface area contributed by atoms with Gasteiger partial charge in [0.15, 0.2) is 0 Å². The van der Waals surface area contributed by atoms with Crippen LogP contribution in [-0.4, -0.2) is 21.1 Å². The van der Waals surface area contributed by atoms with Crippen molar-refractivity contribution >= 4 is 57.5 Å². The lowest BCUT2D eigenvalue weighted by atomic mass is 10.1. The topological polar surface area (TPSA) is 82.7 Å². The molecule has 0 saturated carbocycles. The maximum Gasteiger partial charge on any atom is 0.228 e. The van der Waals surface area contributed by atoms with Crippen molar-refractivity contribution in [1.29, 1.82) is 0 Å². The maximum atomic E-state index is 12.7. The molecule has 0 radical (unpaired) electrons. The quantitative estimate of drug-likeness (QED) is 0.353. The van der Waals surface area contributed by atoms with Gasteiger partial charge in [0.2, 0.25) is 5.91 Å². The smallest absolute Gasteiger partial charge is 0.228 e. The van der Waals surface area contributed by atoms with Crippen molar-refractivity contribution in [2.24, 2.45) is 0 Å². The maximum absolute atomic E-state index is 12.7. The van der Waals surface area contributed by atoms with Crippen LogP contribution in [0.4, 0.5) is 17.1 Å². The number of hydrogen-bond donors (Lipinski definition) is 3. The number of carbonyl (C=O) groups excluding carboxylic acids is 1. The van der Waals surface area contributed by atoms with Crippen molar-refractivity contribution < 1.29 is 4.79 Å². The second-order valence-electron chi connectivity index (χ2n) is 6.10. The van der Waals surface area contributed by atoms with E-state index in [2.05, 4.69) is 25.8 Å². The number of nitrogens with zero attached hydrogens (tertiary/aromatic N) is 2. The second kappa shape index (κ2) is 8.65. The molecule has 2 aromatic carbocycles. The highest BCUT2D eigenvalue weighted by Gasteiger charge is 2.15. The minimum atomic E-state index is -0.177. The lowest BCUT2D eigenvalue weighted by Crippen LogP contribution is -2.15. The zero-order valence-electron chi connectivity index (χ0n) is 14.9. The predicted octanol–water partition coefficient (Wildman–Crippen LogP) is 5.76. The summed E-state index contributed by atoms with van der Waals surface area (Å²) in [5.41, 5.74) is 3.43. The largest absolute Gasteiger partial charge is 0.353 e. The molecule has 29 heavy (non-hydrogen) atoms. The number of halogens is 2. The summed E-state index contributed by atoms with van der Waals surface area (Å²) in [5, 5.41) is 16.7. The van der Waals surface area contributed by atoms with Crippen LogP contribution in [0.2, 0.25) is 10.0 Å². The Labute approximate surface area is 180 Å². The Morgan fingerprint density at radius 2 is 1.86 bits per heavy atom. The fourth-order valence-corrected chi connectivity index (χ4v) is 3.94. The van der Waals surface area contributed by atoms with E-state index in [1.165, 1.54) is 11.3 Å². The summed E-state index contributed by atoms with van der Waals surface area (Å²) in [6.45, 7) is 0. The Morgan fingerprint density at radius 3 is 2.62 bits per heavy atom. The van der Waals surface area contributed by atoms with Crippen LogP contribution in [0.1, 0.15) is 5.56 Å². The molecule has 0 aliphatic carbocycles. The van der Waals surface area contributed by atoms with Gasteiger partial charge in [-0.1, -0.05) is 47.5 Å². The number of H-pyrrole nitrogens is 1. The second-order valence-corrected chi connectivity index (χ2v) is 7.81. The minimum Gasteiger partial charge on any atom is -0.353 e. The van der Waals surface area contributed by atoms with Crippen LogP contribution >= 0.6 is 34.5 Å². The summed E-state index contributed by atoms with van der Waals surface area (Å²) >= 11 is 14.0. The fourth-order valence-electron chi connectivity index (χ4n) is 2.81. The van der Waals surface area contributed by atoms with Crippen LogP contribution in [0.5, 0.6) is 0 Å². The molecule has 0 aliphatic heterocycles. The van der Waals surface area contributed by atoms with E-state index in [1.807, 2.05) is 29.6 Å². The van der Waals surface area contributed by atoms with Gasteiger partial charge in [-0.05, 0) is 23.8 Å². The van der Waals surface area contributed by atoms with Crippen molar-refractivity contribution in [3.63, 3.8) is 0 Å². The zero-order valence-corrected chi connectivity index (χ0v) is 17.3. The predicted molar refractivity (Wildman–Crippen MR) is 118 cm³/mol. The Morgan fingerprint density at radius 1 is 1.07 bits per heavy atom. The number of nitrogens with one attached hydrogen (secondary N) is 3. The van der Waals surface area contributed by atoms with Gasteiger partial charge in [-0.15, -0.1) is 11.3 Å². The van der Waals surface area contributed by atoms with Gasteiger partial charge >= 0.3 is 0 Å². The molecular weight excluding hydrogens is 429 g/mol. The highest BCUT2D eigenvalue weighted by molar-refractivity contribution is 7.13. The first-order chi connectivity index (χ1) is 14.1. The summed E-state index contributed by atoms with van der Waals surface area (Å²) in [7, 11) is 0. The number of benzene rings is 2. The Balaban J connectivity index is 1.52. The number of thiazole rings is 1. The van der Waals surface area contributed by atoms with E-state index in [9.17, 15) is 4.79 Å². The van der Waals surface area contributed by atoms with Crippen molar-refractivity contribution in [3.8, 4) is 10.7 Å². The number of anilines is 3. The average molecular weight is 444 g/mol. The molecule has 4 rings (SSSR count). The van der Waals surface area contributed by atoms with E-state index in [1.54, 1.807) is 30.6 Å². The highest BCUT2D eigenvalue weighted by Crippen LogP contribution is 2.34. The molecule has 6 nitrogen and oxygen atoms in total. The normalized spacial score (nSPS) is 10.7. The van der Waals surface area contributed by atoms with Crippen molar-refractivity contribution in [2.75, 3.05) is 10.6 Å². The van der Waals surface area contributed by atoms with Crippen LogP contribution in [0, 0.1) is 0 Å². The van der Waals surface area contributed by atoms with Crippen LogP contribution in [0.15, 0.2) is 60.2 Å². The Kier molecular flexibility index (Phi) is 5.80. The molecule has 0 fully saturated rings. The molecule has 9 heteroatoms. The van der Waals surface area contributed by atoms with Crippen LogP contribution in [0.25, 0.3) is 10.7 Å². The van der Waals surface area contributed by atoms with Gasteiger partial charge in [0.25, 0.3) is 0 Å². The van der Waals surface area contributed by atoms with Crippen LogP contribution < -0.4 is 10.6 Å². The minimum absolute atomic E-state index is 0.160. The summed E-state index contributed by atoms with van der Waals surface area (Å²) in [6, 6.07) is 12.8. The molecule has 0 saturated heterocycles. The summed E-state index contributed by atoms with van der Waals surface area (Å²) in [5.74, 6) is -0.177. The third kappa shape index (κ3) is 4.42. The third-order valence-corrected chi connectivity index (χ3v) is 5.57. The lowest BCUT2D eigenvalue weighted by Gasteiger charge is -2.14. The van der Waals surface area contributed by atoms with Gasteiger partial charge in [-0.2, -0.15) is 5.10 Å². The summed E-state index contributed by atoms with van der Waals surface area (Å²) in [4.78, 5) is 16.9. The molecular formula is C20H15Cl2N5OS. The molecule has 2 heterocycles. The van der Waals surface area contributed by atoms with E-state index in [0.29, 0.717) is 27.1 Å². The van der Waals surface area contributed by atoms with Gasteiger partial charge in [0.05, 0.1) is 34.0 Å². The molecule has 2 aromatic heterocycles. The van der Waals surface area contributed by atoms with Crippen LogP contribution in [0.3, 0.4) is 0 Å². The fraction of sp³-hybridized carbons (Fsp3) is 0.0500. The van der Waals surface area contributed by atoms with Crippen molar-refractivity contribution in [3.05, 3.63) is 75.8 Å². The first-order valence-electron chi connectivity index (χ1n) is 8.64. The number of amides is 1. The molecule has 1 amide bonds. The number of aromatic nitrogens is 3. The standard InChI is InChI=1S/C20H15Cl2N5OS/c21-13-5-3-6-14(22)18(13)26-15-7-2-1-4-12(15)10-17(28)25-16-11-24-27-19(16)20-23-8-9-29-20/h1-9,11,26H,10H2,(H,24,27)(H,25,28). The van der Waals surface area contributed by atoms with Gasteiger partial charge in [0, 0.05) is 17.3 Å². The molecule has 0 unspecified atom stereocenters. The van der Waals surface area contributed by atoms with E-state index < -0.39 is 0 Å². The van der Waals surface area contributed by atoms with Gasteiger partial charge < -0.3 is 10.6 Å². The number of aromatic amines is 1. The number of carbonyl (C=O) groups is 1. The molecule has 0 atom stereocenters. The molecule has 0 aliphatic rings. The van der Waals surface area contributed by atoms with Crippen molar-refractivity contribution in [1.82, 2.24) is 15.2 Å². The summed E-state index contributed by atoms with van der Waals surface area (Å²) < 4.78 is 0. The van der Waals surface area contributed by atoms with Crippen molar-refractivity contribution in [2.45, 2.75) is 6.42 Å². The number of rotatable bonds is 6. The highest BCUT2D eigenvalue weighted by atomic mass is 35.5. The Bertz CT molecular complexity index is 1120. The average Bonchev–Trinajstić information content (AvgIpc) is 3.37. The Hall–Kier alpha value is -2.87. The first-order valence-corrected chi connectivity index (χ1v) is 10.3. The molecule has 3 N–H and O–H groups in total. The third-order valence-electron chi connectivity index (χ3n) is 4.15. The van der Waals surface area contributed by atoms with Crippen LogP contribution in [-0.2, 0) is 11.2 Å². The number of para-hydroxylation sites is 2. The zero-order chi connectivity index (χ0) is 20.2.